The summed E-state index contributed by atoms with van der Waals surface area (Å²) in [7, 11) is 0. The number of Topliss-reactive ketones (excluding diaryl/α,β-unsaturated/α-hetero) is 2. The zero-order valence-corrected chi connectivity index (χ0v) is 15.5. The molecule has 1 fully saturated rings. The second-order valence-electron chi connectivity index (χ2n) is 7.31. The summed E-state index contributed by atoms with van der Waals surface area (Å²) in [5.74, 6) is -0.988. The van der Waals surface area contributed by atoms with Gasteiger partial charge < -0.3 is 14.2 Å². The van der Waals surface area contributed by atoms with Crippen molar-refractivity contribution in [3.8, 4) is 0 Å². The maximum Gasteiger partial charge on any atom is 0.309 e. The van der Waals surface area contributed by atoms with Crippen LogP contribution in [0.5, 0.6) is 0 Å². The molecular weight excluding hydrogens is 372 g/mol. The lowest BCUT2D eigenvalue weighted by Crippen LogP contribution is -2.46. The van der Waals surface area contributed by atoms with Gasteiger partial charge in [-0.05, 0) is 5.56 Å². The molecule has 0 aromatic heterocycles. The van der Waals surface area contributed by atoms with Gasteiger partial charge in [-0.15, -0.1) is 0 Å². The molecule has 2 aromatic carbocycles. The van der Waals surface area contributed by atoms with Gasteiger partial charge in [0.2, 0.25) is 0 Å². The molecule has 1 aliphatic carbocycles. The van der Waals surface area contributed by atoms with Gasteiger partial charge in [0.25, 0.3) is 0 Å². The molecule has 2 heterocycles. The van der Waals surface area contributed by atoms with E-state index in [2.05, 4.69) is 0 Å². The van der Waals surface area contributed by atoms with Gasteiger partial charge in [-0.25, -0.2) is 0 Å². The van der Waals surface area contributed by atoms with Gasteiger partial charge in [0.15, 0.2) is 17.7 Å². The van der Waals surface area contributed by atoms with Crippen molar-refractivity contribution >= 4 is 17.5 Å². The average Bonchev–Trinajstić information content (AvgIpc) is 3.12. The van der Waals surface area contributed by atoms with Crippen molar-refractivity contribution in [1.82, 2.24) is 0 Å². The number of hydrogen-bond acceptors (Lipinski definition) is 6. The minimum absolute atomic E-state index is 0.0553. The molecule has 0 unspecified atom stereocenters. The molecule has 2 aliphatic heterocycles. The Kier molecular flexibility index (Phi) is 4.38. The first kappa shape index (κ1) is 18.0. The third-order valence-electron chi connectivity index (χ3n) is 5.49. The topological polar surface area (TPSA) is 78.9 Å². The molecule has 0 spiro atoms. The lowest BCUT2D eigenvalue weighted by atomic mass is 9.77. The van der Waals surface area contributed by atoms with Gasteiger partial charge in [0.1, 0.15) is 12.2 Å². The van der Waals surface area contributed by atoms with Crippen molar-refractivity contribution < 1.29 is 28.6 Å². The van der Waals surface area contributed by atoms with E-state index in [1.807, 2.05) is 30.3 Å². The molecule has 0 bridgehead atoms. The van der Waals surface area contributed by atoms with E-state index in [0.29, 0.717) is 17.7 Å². The minimum atomic E-state index is -0.840. The molecule has 0 saturated carbocycles. The number of ketones is 2. The number of carbonyl (C=O) groups is 3. The molecule has 29 heavy (non-hydrogen) atoms. The van der Waals surface area contributed by atoms with Crippen LogP contribution in [0.1, 0.15) is 32.7 Å². The molecule has 6 nitrogen and oxygen atoms in total. The van der Waals surface area contributed by atoms with Crippen LogP contribution in [-0.2, 0) is 25.6 Å². The van der Waals surface area contributed by atoms with Crippen LogP contribution in [0.3, 0.4) is 0 Å². The fourth-order valence-corrected chi connectivity index (χ4v) is 4.18. The van der Waals surface area contributed by atoms with Gasteiger partial charge in [0.05, 0.1) is 25.2 Å². The van der Waals surface area contributed by atoms with Gasteiger partial charge in [-0.3, -0.25) is 14.4 Å². The molecule has 3 aliphatic rings. The van der Waals surface area contributed by atoms with Crippen LogP contribution in [0.2, 0.25) is 0 Å². The second-order valence-corrected chi connectivity index (χ2v) is 7.31. The van der Waals surface area contributed by atoms with Crippen LogP contribution in [-0.4, -0.2) is 42.5 Å². The number of carbonyl (C=O) groups excluding carboxylic acids is 3. The quantitative estimate of drug-likeness (QED) is 0.747. The van der Waals surface area contributed by atoms with Crippen LogP contribution in [0.25, 0.3) is 0 Å². The first-order valence-corrected chi connectivity index (χ1v) is 9.52. The van der Waals surface area contributed by atoms with Crippen LogP contribution in [0.15, 0.2) is 65.7 Å². The van der Waals surface area contributed by atoms with E-state index in [4.69, 9.17) is 14.2 Å². The number of rotatable bonds is 4. The Morgan fingerprint density at radius 1 is 0.862 bits per heavy atom. The Bertz CT molecular complexity index is 1040. The summed E-state index contributed by atoms with van der Waals surface area (Å²) in [6.45, 7) is 0.456. The number of fused-ring (bicyclic) bond motifs is 3. The van der Waals surface area contributed by atoms with Crippen LogP contribution in [0.4, 0.5) is 0 Å². The highest BCUT2D eigenvalue weighted by Crippen LogP contribution is 2.40. The van der Waals surface area contributed by atoms with E-state index in [9.17, 15) is 14.4 Å². The summed E-state index contributed by atoms with van der Waals surface area (Å²) in [5, 5.41) is 0. The SMILES string of the molecule is O=C1C[C@H]2O[C@H](COCc3ccccc3)C3=C(C(=O)c4ccccc4C3=O)[C@H]2O1. The van der Waals surface area contributed by atoms with E-state index in [1.54, 1.807) is 24.3 Å². The highest BCUT2D eigenvalue weighted by molar-refractivity contribution is 6.28. The number of esters is 1. The molecule has 1 saturated heterocycles. The van der Waals surface area contributed by atoms with Crippen molar-refractivity contribution in [3.05, 3.63) is 82.4 Å². The maximum absolute atomic E-state index is 13.2. The lowest BCUT2D eigenvalue weighted by Gasteiger charge is -2.36. The molecule has 5 rings (SSSR count). The summed E-state index contributed by atoms with van der Waals surface area (Å²) in [6, 6.07) is 16.3. The van der Waals surface area contributed by atoms with E-state index in [-0.39, 0.29) is 35.7 Å². The molecule has 2 aromatic rings. The number of hydrogen-bond donors (Lipinski definition) is 0. The molecule has 6 heteroatoms. The lowest BCUT2D eigenvalue weighted by molar-refractivity contribution is -0.141. The Hall–Kier alpha value is -3.09. The molecule has 0 radical (unpaired) electrons. The van der Waals surface area contributed by atoms with Gasteiger partial charge in [-0.2, -0.15) is 0 Å². The van der Waals surface area contributed by atoms with E-state index < -0.39 is 24.3 Å². The Morgan fingerprint density at radius 2 is 1.52 bits per heavy atom. The zero-order chi connectivity index (χ0) is 20.0. The Labute approximate surface area is 167 Å². The second kappa shape index (κ2) is 7.06. The number of ether oxygens (including phenoxy) is 3. The predicted octanol–water partition coefficient (Wildman–Crippen LogP) is 2.66. The summed E-state index contributed by atoms with van der Waals surface area (Å²) in [4.78, 5) is 38.3. The van der Waals surface area contributed by atoms with Gasteiger partial charge in [-0.1, -0.05) is 54.6 Å². The fraction of sp³-hybridized carbons (Fsp3) is 0.261. The zero-order valence-electron chi connectivity index (χ0n) is 15.5. The van der Waals surface area contributed by atoms with Crippen LogP contribution in [0, 0.1) is 0 Å². The molecular formula is C23H18O6. The maximum atomic E-state index is 13.2. The normalized spacial score (nSPS) is 25.4. The standard InChI is InChI=1S/C23H18O6/c24-18-10-16-23(29-18)20-19(21(25)14-8-4-5-9-15(14)22(20)26)17(28-16)12-27-11-13-6-2-1-3-7-13/h1-9,16-17,23H,10-12H2/t16-,17-,23+/m1/s1. The van der Waals surface area contributed by atoms with E-state index in [1.165, 1.54) is 0 Å². The predicted molar refractivity (Wildman–Crippen MR) is 101 cm³/mol. The Balaban J connectivity index is 1.48. The average molecular weight is 390 g/mol. The molecule has 146 valence electrons. The minimum Gasteiger partial charge on any atom is -0.454 e. The van der Waals surface area contributed by atoms with Crippen LogP contribution < -0.4 is 0 Å². The largest absolute Gasteiger partial charge is 0.454 e. The number of benzene rings is 2. The molecule has 0 N–H and O–H groups in total. The van der Waals surface area contributed by atoms with Crippen LogP contribution >= 0.6 is 0 Å². The van der Waals surface area contributed by atoms with Crippen molar-refractivity contribution in [2.75, 3.05) is 6.61 Å². The fourth-order valence-electron chi connectivity index (χ4n) is 4.18. The van der Waals surface area contributed by atoms with Crippen molar-refractivity contribution in [2.24, 2.45) is 0 Å². The monoisotopic (exact) mass is 390 g/mol. The third kappa shape index (κ3) is 3.01. The van der Waals surface area contributed by atoms with Crippen molar-refractivity contribution in [1.29, 1.82) is 0 Å². The highest BCUT2D eigenvalue weighted by Gasteiger charge is 2.51. The van der Waals surface area contributed by atoms with Crippen molar-refractivity contribution in [3.63, 3.8) is 0 Å². The third-order valence-corrected chi connectivity index (χ3v) is 5.49. The summed E-state index contributed by atoms with van der Waals surface area (Å²) in [5.41, 5.74) is 2.16. The Morgan fingerprint density at radius 3 is 2.24 bits per heavy atom. The summed E-state index contributed by atoms with van der Waals surface area (Å²) in [6.07, 6.45) is -2.10. The van der Waals surface area contributed by atoms with Crippen molar-refractivity contribution in [2.45, 2.75) is 31.3 Å². The van der Waals surface area contributed by atoms with Gasteiger partial charge in [0, 0.05) is 16.7 Å². The smallest absolute Gasteiger partial charge is 0.309 e. The summed E-state index contributed by atoms with van der Waals surface area (Å²) < 4.78 is 17.2. The summed E-state index contributed by atoms with van der Waals surface area (Å²) >= 11 is 0. The first-order chi connectivity index (χ1) is 14.1. The first-order valence-electron chi connectivity index (χ1n) is 9.52. The molecule has 0 amide bonds. The van der Waals surface area contributed by atoms with E-state index in [0.717, 1.165) is 5.56 Å². The van der Waals surface area contributed by atoms with Gasteiger partial charge >= 0.3 is 5.97 Å². The van der Waals surface area contributed by atoms with E-state index >= 15 is 0 Å². The molecule has 3 atom stereocenters. The highest BCUT2D eigenvalue weighted by atomic mass is 16.6.